The Labute approximate surface area is 231 Å². The van der Waals surface area contributed by atoms with Crippen molar-refractivity contribution in [1.82, 2.24) is 9.13 Å². The summed E-state index contributed by atoms with van der Waals surface area (Å²) in [7, 11) is 0. The molecule has 1 aliphatic heterocycles. The predicted molar refractivity (Wildman–Crippen MR) is 151 cm³/mol. The molecule has 40 heavy (non-hydrogen) atoms. The molecule has 5 rings (SSSR count). The van der Waals surface area contributed by atoms with Crippen molar-refractivity contribution >= 4 is 5.69 Å². The number of hydrogen-bond acceptors (Lipinski definition) is 5. The molecule has 1 atom stereocenters. The Hall–Kier alpha value is -4.24. The van der Waals surface area contributed by atoms with Crippen molar-refractivity contribution in [2.75, 3.05) is 18.0 Å². The van der Waals surface area contributed by atoms with Gasteiger partial charge in [-0.25, -0.2) is 13.6 Å². The van der Waals surface area contributed by atoms with Gasteiger partial charge in [-0.05, 0) is 36.8 Å². The number of benzene rings is 3. The summed E-state index contributed by atoms with van der Waals surface area (Å²) in [6, 6.07) is 21.7. The smallest absolute Gasteiger partial charge is 0.331 e. The summed E-state index contributed by atoms with van der Waals surface area (Å²) in [5, 5.41) is 0. The van der Waals surface area contributed by atoms with Crippen LogP contribution in [-0.2, 0) is 13.1 Å². The molecule has 1 fully saturated rings. The van der Waals surface area contributed by atoms with Crippen LogP contribution < -0.4 is 26.6 Å². The second-order valence-electron chi connectivity index (χ2n) is 10.1. The first-order valence-electron chi connectivity index (χ1n) is 13.4. The molecule has 0 bridgehead atoms. The summed E-state index contributed by atoms with van der Waals surface area (Å²) < 4.78 is 37.7. The molecule has 208 valence electrons. The zero-order valence-electron chi connectivity index (χ0n) is 22.3. The standard InChI is InChI=1S/C31H32F2N4O3/c1-21-29(35-17-15-24(16-18-35)40-23-11-6-3-7-12-23)30(38)37(20-28(34)22-9-4-2-5-10-22)31(39)36(21)19-25-26(32)13-8-14-27(25)33/h2-14,24,28H,15-20,34H2,1H3. The number of para-hydroxylation sites is 1. The van der Waals surface area contributed by atoms with Crippen LogP contribution in [-0.4, -0.2) is 28.3 Å². The highest BCUT2D eigenvalue weighted by Gasteiger charge is 2.28. The Morgan fingerprint density at radius 2 is 1.48 bits per heavy atom. The van der Waals surface area contributed by atoms with Gasteiger partial charge < -0.3 is 15.4 Å². The van der Waals surface area contributed by atoms with E-state index < -0.39 is 28.9 Å². The summed E-state index contributed by atoms with van der Waals surface area (Å²) in [5.41, 5.74) is 6.48. The van der Waals surface area contributed by atoms with E-state index in [2.05, 4.69) is 0 Å². The Balaban J connectivity index is 1.51. The van der Waals surface area contributed by atoms with Crippen molar-refractivity contribution in [3.63, 3.8) is 0 Å². The topological polar surface area (TPSA) is 82.5 Å². The number of aromatic nitrogens is 2. The predicted octanol–water partition coefficient (Wildman–Crippen LogP) is 4.39. The van der Waals surface area contributed by atoms with Crippen molar-refractivity contribution in [3.05, 3.63) is 128 Å². The van der Waals surface area contributed by atoms with Gasteiger partial charge in [0, 0.05) is 43.2 Å². The Morgan fingerprint density at radius 1 is 0.875 bits per heavy atom. The molecular formula is C31H32F2N4O3. The minimum atomic E-state index is -0.759. The molecule has 0 saturated carbocycles. The monoisotopic (exact) mass is 546 g/mol. The van der Waals surface area contributed by atoms with E-state index in [1.807, 2.05) is 65.6 Å². The maximum atomic E-state index is 14.6. The lowest BCUT2D eigenvalue weighted by atomic mass is 10.1. The fraction of sp³-hybridized carbons (Fsp3) is 0.290. The van der Waals surface area contributed by atoms with E-state index in [1.54, 1.807) is 6.92 Å². The van der Waals surface area contributed by atoms with E-state index >= 15 is 0 Å². The number of nitrogens with zero attached hydrogens (tertiary/aromatic N) is 3. The lowest BCUT2D eigenvalue weighted by Gasteiger charge is -2.34. The molecule has 0 spiro atoms. The van der Waals surface area contributed by atoms with Gasteiger partial charge in [-0.3, -0.25) is 13.9 Å². The molecule has 3 aromatic carbocycles. The molecule has 9 heteroatoms. The van der Waals surface area contributed by atoms with Crippen molar-refractivity contribution in [3.8, 4) is 5.75 Å². The summed E-state index contributed by atoms with van der Waals surface area (Å²) in [6.07, 6.45) is 1.31. The van der Waals surface area contributed by atoms with Crippen LogP contribution in [0.3, 0.4) is 0 Å². The average Bonchev–Trinajstić information content (AvgIpc) is 2.96. The fourth-order valence-corrected chi connectivity index (χ4v) is 5.23. The highest BCUT2D eigenvalue weighted by molar-refractivity contribution is 5.49. The van der Waals surface area contributed by atoms with E-state index in [9.17, 15) is 18.4 Å². The van der Waals surface area contributed by atoms with Crippen molar-refractivity contribution in [2.45, 2.75) is 45.0 Å². The van der Waals surface area contributed by atoms with Crippen molar-refractivity contribution < 1.29 is 13.5 Å². The van der Waals surface area contributed by atoms with Gasteiger partial charge in [-0.2, -0.15) is 0 Å². The molecule has 4 aromatic rings. The molecule has 1 aliphatic rings. The molecule has 0 amide bonds. The quantitative estimate of drug-likeness (QED) is 0.355. The largest absolute Gasteiger partial charge is 0.490 e. The van der Waals surface area contributed by atoms with Gasteiger partial charge in [-0.15, -0.1) is 0 Å². The second kappa shape index (κ2) is 11.9. The second-order valence-corrected chi connectivity index (χ2v) is 10.1. The molecule has 0 radical (unpaired) electrons. The number of nitrogens with two attached hydrogens (primary N) is 1. The van der Waals surface area contributed by atoms with Gasteiger partial charge in [-0.1, -0.05) is 54.6 Å². The number of ether oxygens (including phenoxy) is 1. The van der Waals surface area contributed by atoms with Crippen LogP contribution in [0.25, 0.3) is 0 Å². The maximum absolute atomic E-state index is 14.6. The van der Waals surface area contributed by atoms with Crippen LogP contribution >= 0.6 is 0 Å². The van der Waals surface area contributed by atoms with Crippen LogP contribution in [0.4, 0.5) is 14.5 Å². The first-order valence-corrected chi connectivity index (χ1v) is 13.4. The fourth-order valence-electron chi connectivity index (χ4n) is 5.23. The van der Waals surface area contributed by atoms with Crippen LogP contribution in [0, 0.1) is 18.6 Å². The van der Waals surface area contributed by atoms with Gasteiger partial charge in [0.2, 0.25) is 0 Å². The molecule has 2 heterocycles. The third kappa shape index (κ3) is 5.70. The van der Waals surface area contributed by atoms with E-state index in [0.717, 1.165) is 28.0 Å². The summed E-state index contributed by atoms with van der Waals surface area (Å²) >= 11 is 0. The molecule has 2 N–H and O–H groups in total. The van der Waals surface area contributed by atoms with E-state index in [-0.39, 0.29) is 24.8 Å². The van der Waals surface area contributed by atoms with Crippen LogP contribution in [0.15, 0.2) is 88.5 Å². The SMILES string of the molecule is Cc1c(N2CCC(Oc3ccccc3)CC2)c(=O)n(CC(N)c2ccccc2)c(=O)n1Cc1c(F)cccc1F. The number of hydrogen-bond donors (Lipinski definition) is 1. The lowest BCUT2D eigenvalue weighted by molar-refractivity contribution is 0.170. The highest BCUT2D eigenvalue weighted by Crippen LogP contribution is 2.24. The number of rotatable bonds is 8. The first kappa shape index (κ1) is 27.3. The van der Waals surface area contributed by atoms with Crippen LogP contribution in [0.2, 0.25) is 0 Å². The third-order valence-corrected chi connectivity index (χ3v) is 7.45. The van der Waals surface area contributed by atoms with E-state index in [4.69, 9.17) is 10.5 Å². The molecule has 7 nitrogen and oxygen atoms in total. The van der Waals surface area contributed by atoms with Gasteiger partial charge in [0.05, 0.1) is 13.1 Å². The highest BCUT2D eigenvalue weighted by atomic mass is 19.1. The number of piperidine rings is 1. The number of anilines is 1. The minimum absolute atomic E-state index is 0.0221. The Morgan fingerprint density at radius 3 is 2.10 bits per heavy atom. The Bertz CT molecular complexity index is 1560. The van der Waals surface area contributed by atoms with Gasteiger partial charge in [0.1, 0.15) is 29.2 Å². The van der Waals surface area contributed by atoms with Crippen molar-refractivity contribution in [1.29, 1.82) is 0 Å². The Kier molecular flexibility index (Phi) is 8.11. The van der Waals surface area contributed by atoms with Crippen LogP contribution in [0.5, 0.6) is 5.75 Å². The van der Waals surface area contributed by atoms with Crippen LogP contribution in [0.1, 0.15) is 35.7 Å². The van der Waals surface area contributed by atoms with Gasteiger partial charge in [0.15, 0.2) is 0 Å². The molecular weight excluding hydrogens is 514 g/mol. The van der Waals surface area contributed by atoms with Crippen molar-refractivity contribution in [2.24, 2.45) is 5.73 Å². The first-order chi connectivity index (χ1) is 19.3. The average molecular weight is 547 g/mol. The molecule has 1 aromatic heterocycles. The molecule has 1 saturated heterocycles. The summed E-state index contributed by atoms with van der Waals surface area (Å²) in [4.78, 5) is 29.5. The van der Waals surface area contributed by atoms with E-state index in [1.165, 1.54) is 10.6 Å². The van der Waals surface area contributed by atoms with Gasteiger partial charge in [0.25, 0.3) is 5.56 Å². The summed E-state index contributed by atoms with van der Waals surface area (Å²) in [6.45, 7) is 2.24. The summed E-state index contributed by atoms with van der Waals surface area (Å²) in [5.74, 6) is -0.731. The third-order valence-electron chi connectivity index (χ3n) is 7.45. The maximum Gasteiger partial charge on any atom is 0.331 e. The zero-order chi connectivity index (χ0) is 28.2. The zero-order valence-corrected chi connectivity index (χ0v) is 22.3. The van der Waals surface area contributed by atoms with Gasteiger partial charge >= 0.3 is 5.69 Å². The molecule has 0 aliphatic carbocycles. The lowest BCUT2D eigenvalue weighted by Crippen LogP contribution is -2.48. The minimum Gasteiger partial charge on any atom is -0.490 e. The normalized spacial score (nSPS) is 14.8. The van der Waals surface area contributed by atoms with E-state index in [0.29, 0.717) is 37.3 Å². The number of halogens is 2. The molecule has 1 unspecified atom stereocenters.